The molecule has 0 aliphatic rings. The molecule has 9 heteroatoms. The van der Waals surface area contributed by atoms with E-state index in [0.717, 1.165) is 22.6 Å². The van der Waals surface area contributed by atoms with Crippen LogP contribution in [0.1, 0.15) is 23.4 Å². The van der Waals surface area contributed by atoms with Crippen molar-refractivity contribution < 1.29 is 13.2 Å². The van der Waals surface area contributed by atoms with Crippen LogP contribution in [0.5, 0.6) is 5.75 Å². The van der Waals surface area contributed by atoms with Gasteiger partial charge >= 0.3 is 0 Å². The van der Waals surface area contributed by atoms with E-state index in [1.54, 1.807) is 0 Å². The van der Waals surface area contributed by atoms with Crippen LogP contribution >= 0.6 is 11.8 Å². The number of hydrogen-bond acceptors (Lipinski definition) is 6. The van der Waals surface area contributed by atoms with Crippen molar-refractivity contribution in [1.29, 1.82) is 0 Å². The van der Waals surface area contributed by atoms with E-state index in [1.165, 1.54) is 11.8 Å². The summed E-state index contributed by atoms with van der Waals surface area (Å²) in [5.74, 6) is 2.03. The van der Waals surface area contributed by atoms with E-state index in [-0.39, 0.29) is 12.4 Å². The lowest BCUT2D eigenvalue weighted by Gasteiger charge is -2.13. The van der Waals surface area contributed by atoms with Crippen molar-refractivity contribution >= 4 is 21.8 Å². The van der Waals surface area contributed by atoms with Crippen LogP contribution in [0.25, 0.3) is 5.69 Å². The Hall–Kier alpha value is -2.36. The second-order valence-corrected chi connectivity index (χ2v) is 9.44. The van der Waals surface area contributed by atoms with Gasteiger partial charge < -0.3 is 4.74 Å². The summed E-state index contributed by atoms with van der Waals surface area (Å²) >= 11 is 1.45. The molecule has 0 aliphatic carbocycles. The van der Waals surface area contributed by atoms with Gasteiger partial charge in [0.15, 0.2) is 11.0 Å². The second-order valence-electron chi connectivity index (χ2n) is 6.65. The quantitative estimate of drug-likeness (QED) is 0.412. The zero-order valence-corrected chi connectivity index (χ0v) is 18.0. The van der Waals surface area contributed by atoms with E-state index in [9.17, 15) is 8.42 Å². The zero-order valence-electron chi connectivity index (χ0n) is 16.4. The van der Waals surface area contributed by atoms with Crippen LogP contribution in [0.4, 0.5) is 0 Å². The molecule has 0 unspecified atom stereocenters. The van der Waals surface area contributed by atoms with Crippen molar-refractivity contribution in [2.45, 2.75) is 32.0 Å². The van der Waals surface area contributed by atoms with Crippen LogP contribution in [-0.2, 0) is 16.6 Å². The number of nitrogens with two attached hydrogens (primary N) is 1. The first kappa shape index (κ1) is 21.4. The number of sulfonamides is 1. The highest BCUT2D eigenvalue weighted by molar-refractivity contribution is 7.99. The van der Waals surface area contributed by atoms with E-state index in [4.69, 9.17) is 9.88 Å². The lowest BCUT2D eigenvalue weighted by Crippen LogP contribution is -2.16. The fourth-order valence-electron chi connectivity index (χ4n) is 2.91. The summed E-state index contributed by atoms with van der Waals surface area (Å²) in [4.78, 5) is 0. The number of para-hydroxylation sites is 2. The third-order valence-corrected chi connectivity index (χ3v) is 6.15. The number of thioether (sulfide) groups is 1. The third-order valence-electron chi connectivity index (χ3n) is 4.27. The van der Waals surface area contributed by atoms with E-state index < -0.39 is 10.0 Å². The number of primary sulfonamides is 1. The number of benzene rings is 2. The molecule has 0 bridgehead atoms. The molecule has 0 fully saturated rings. The number of nitrogens with zero attached hydrogens (tertiary/aromatic N) is 3. The Labute approximate surface area is 175 Å². The van der Waals surface area contributed by atoms with E-state index >= 15 is 0 Å². The lowest BCUT2D eigenvalue weighted by molar-refractivity contribution is 0.289. The molecule has 0 aliphatic heterocycles. The molecule has 0 radical (unpaired) electrons. The second kappa shape index (κ2) is 9.43. The highest BCUT2D eigenvalue weighted by atomic mass is 32.2. The standard InChI is InChI=1S/C20H24N4O3S2/c1-15-8-6-9-16(2)19(15)27-14-18-22-23-20(28-12-7-13-29(21,25)26)24(18)17-10-4-3-5-11-17/h3-6,8-11H,7,12-14H2,1-2H3,(H2,21,25,26). The lowest BCUT2D eigenvalue weighted by atomic mass is 10.1. The van der Waals surface area contributed by atoms with Gasteiger partial charge in [-0.1, -0.05) is 48.2 Å². The van der Waals surface area contributed by atoms with Gasteiger partial charge in [-0.25, -0.2) is 13.6 Å². The maximum Gasteiger partial charge on any atom is 0.209 e. The smallest absolute Gasteiger partial charge is 0.209 e. The SMILES string of the molecule is Cc1cccc(C)c1OCc1nnc(SCCCS(N)(=O)=O)n1-c1ccccc1. The molecule has 1 aromatic heterocycles. The van der Waals surface area contributed by atoms with Crippen LogP contribution in [0.15, 0.2) is 53.7 Å². The third kappa shape index (κ3) is 5.81. The topological polar surface area (TPSA) is 100 Å². The average molecular weight is 433 g/mol. The van der Waals surface area contributed by atoms with Gasteiger partial charge in [0.05, 0.1) is 5.75 Å². The zero-order chi connectivity index (χ0) is 20.9. The van der Waals surface area contributed by atoms with Crippen LogP contribution in [-0.4, -0.2) is 34.7 Å². The summed E-state index contributed by atoms with van der Waals surface area (Å²) < 4.78 is 30.3. The molecular weight excluding hydrogens is 408 g/mol. The summed E-state index contributed by atoms with van der Waals surface area (Å²) in [6.07, 6.45) is 0.444. The first-order valence-electron chi connectivity index (χ1n) is 9.17. The Bertz CT molecular complexity index is 1050. The fourth-order valence-corrected chi connectivity index (χ4v) is 4.55. The Morgan fingerprint density at radius 3 is 2.38 bits per heavy atom. The predicted octanol–water partition coefficient (Wildman–Crippen LogP) is 3.23. The van der Waals surface area contributed by atoms with Crippen molar-refractivity contribution in [2.24, 2.45) is 5.14 Å². The molecule has 2 aromatic carbocycles. The van der Waals surface area contributed by atoms with Crippen molar-refractivity contribution in [2.75, 3.05) is 11.5 Å². The first-order valence-corrected chi connectivity index (χ1v) is 11.9. The van der Waals surface area contributed by atoms with Gasteiger partial charge in [0.2, 0.25) is 10.0 Å². The predicted molar refractivity (Wildman–Crippen MR) is 115 cm³/mol. The van der Waals surface area contributed by atoms with Crippen LogP contribution in [0, 0.1) is 13.8 Å². The number of ether oxygens (including phenoxy) is 1. The number of hydrogen-bond donors (Lipinski definition) is 1. The van der Waals surface area contributed by atoms with Crippen LogP contribution in [0.3, 0.4) is 0 Å². The Kier molecular flexibility index (Phi) is 6.94. The summed E-state index contributed by atoms with van der Waals surface area (Å²) in [6, 6.07) is 15.8. The molecule has 0 amide bonds. The van der Waals surface area contributed by atoms with Gasteiger partial charge in [0, 0.05) is 11.4 Å². The maximum absolute atomic E-state index is 11.1. The molecular formula is C20H24N4O3S2. The highest BCUT2D eigenvalue weighted by Gasteiger charge is 2.16. The van der Waals surface area contributed by atoms with Gasteiger partial charge in [0.1, 0.15) is 12.4 Å². The molecule has 2 N–H and O–H groups in total. The molecule has 0 saturated heterocycles. The first-order chi connectivity index (χ1) is 13.8. The summed E-state index contributed by atoms with van der Waals surface area (Å²) in [7, 11) is -3.46. The molecule has 3 rings (SSSR count). The summed E-state index contributed by atoms with van der Waals surface area (Å²) in [5, 5.41) is 14.4. The molecule has 7 nitrogen and oxygen atoms in total. The molecule has 0 saturated carbocycles. The molecule has 3 aromatic rings. The molecule has 0 atom stereocenters. The molecule has 29 heavy (non-hydrogen) atoms. The van der Waals surface area contributed by atoms with Gasteiger partial charge in [-0.3, -0.25) is 4.57 Å². The molecule has 154 valence electrons. The fraction of sp³-hybridized carbons (Fsp3) is 0.300. The molecule has 1 heterocycles. The minimum Gasteiger partial charge on any atom is -0.485 e. The minimum atomic E-state index is -3.46. The van der Waals surface area contributed by atoms with Crippen molar-refractivity contribution in [3.63, 3.8) is 0 Å². The van der Waals surface area contributed by atoms with E-state index in [2.05, 4.69) is 10.2 Å². The normalized spacial score (nSPS) is 11.6. The summed E-state index contributed by atoms with van der Waals surface area (Å²) in [5.41, 5.74) is 3.05. The summed E-state index contributed by atoms with van der Waals surface area (Å²) in [6.45, 7) is 4.29. The van der Waals surface area contributed by atoms with Crippen LogP contribution < -0.4 is 9.88 Å². The van der Waals surface area contributed by atoms with Gasteiger partial charge in [-0.05, 0) is 43.5 Å². The van der Waals surface area contributed by atoms with Gasteiger partial charge in [0.25, 0.3) is 0 Å². The van der Waals surface area contributed by atoms with Crippen molar-refractivity contribution in [3.8, 4) is 11.4 Å². The Balaban J connectivity index is 1.81. The highest BCUT2D eigenvalue weighted by Crippen LogP contribution is 2.26. The van der Waals surface area contributed by atoms with Crippen LogP contribution in [0.2, 0.25) is 0 Å². The van der Waals surface area contributed by atoms with Crippen molar-refractivity contribution in [3.05, 3.63) is 65.5 Å². The Morgan fingerprint density at radius 1 is 1.03 bits per heavy atom. The maximum atomic E-state index is 11.1. The number of aromatic nitrogens is 3. The average Bonchev–Trinajstić information content (AvgIpc) is 3.07. The Morgan fingerprint density at radius 2 is 1.72 bits per heavy atom. The van der Waals surface area contributed by atoms with Crippen molar-refractivity contribution in [1.82, 2.24) is 14.8 Å². The number of rotatable bonds is 9. The minimum absolute atomic E-state index is 0.0536. The van der Waals surface area contributed by atoms with Gasteiger partial charge in [-0.15, -0.1) is 10.2 Å². The van der Waals surface area contributed by atoms with E-state index in [0.29, 0.717) is 23.2 Å². The number of aryl methyl sites for hydroxylation is 2. The largest absolute Gasteiger partial charge is 0.485 e. The van der Waals surface area contributed by atoms with Gasteiger partial charge in [-0.2, -0.15) is 0 Å². The molecule has 0 spiro atoms. The monoisotopic (exact) mass is 432 g/mol. The van der Waals surface area contributed by atoms with E-state index in [1.807, 2.05) is 66.9 Å².